The zero-order valence-electron chi connectivity index (χ0n) is 11.4. The molecule has 0 fully saturated rings. The van der Waals surface area contributed by atoms with Crippen LogP contribution in [0.4, 0.5) is 5.69 Å². The largest absolute Gasteiger partial charge is 0.365 e. The second-order valence-corrected chi connectivity index (χ2v) is 4.40. The first-order valence-electron chi connectivity index (χ1n) is 6.39. The van der Waals surface area contributed by atoms with E-state index in [4.69, 9.17) is 0 Å². The SMILES string of the molecule is CN(CC(=O)NN=Cc1ccccc1)c1ccccc1. The molecule has 0 aromatic heterocycles. The molecular formula is C16H17N3O. The fourth-order valence-corrected chi connectivity index (χ4v) is 1.74. The van der Waals surface area contributed by atoms with Crippen molar-refractivity contribution in [3.8, 4) is 0 Å². The van der Waals surface area contributed by atoms with E-state index in [-0.39, 0.29) is 12.5 Å². The first kappa shape index (κ1) is 13.8. The Morgan fingerprint density at radius 3 is 2.35 bits per heavy atom. The molecule has 0 saturated heterocycles. The van der Waals surface area contributed by atoms with E-state index in [1.54, 1.807) is 6.21 Å². The average Bonchev–Trinajstić information content (AvgIpc) is 2.49. The molecule has 0 saturated carbocycles. The highest BCUT2D eigenvalue weighted by atomic mass is 16.2. The Labute approximate surface area is 118 Å². The summed E-state index contributed by atoms with van der Waals surface area (Å²) in [4.78, 5) is 13.6. The molecule has 0 heterocycles. The Morgan fingerprint density at radius 2 is 1.70 bits per heavy atom. The lowest BCUT2D eigenvalue weighted by molar-refractivity contribution is -0.119. The minimum absolute atomic E-state index is 0.150. The smallest absolute Gasteiger partial charge is 0.259 e. The first-order valence-corrected chi connectivity index (χ1v) is 6.39. The van der Waals surface area contributed by atoms with Gasteiger partial charge >= 0.3 is 0 Å². The van der Waals surface area contributed by atoms with E-state index >= 15 is 0 Å². The molecule has 0 unspecified atom stereocenters. The van der Waals surface area contributed by atoms with Gasteiger partial charge in [-0.2, -0.15) is 5.10 Å². The lowest BCUT2D eigenvalue weighted by atomic mass is 10.2. The van der Waals surface area contributed by atoms with Gasteiger partial charge < -0.3 is 4.90 Å². The van der Waals surface area contributed by atoms with E-state index in [1.165, 1.54) is 0 Å². The summed E-state index contributed by atoms with van der Waals surface area (Å²) >= 11 is 0. The van der Waals surface area contributed by atoms with E-state index in [9.17, 15) is 4.79 Å². The molecule has 1 N–H and O–H groups in total. The topological polar surface area (TPSA) is 44.7 Å². The third-order valence-corrected chi connectivity index (χ3v) is 2.78. The van der Waals surface area contributed by atoms with Crippen LogP contribution in [-0.2, 0) is 4.79 Å². The quantitative estimate of drug-likeness (QED) is 0.667. The van der Waals surface area contributed by atoms with E-state index < -0.39 is 0 Å². The highest BCUT2D eigenvalue weighted by Gasteiger charge is 2.05. The summed E-state index contributed by atoms with van der Waals surface area (Å²) in [6.45, 7) is 0.260. The Morgan fingerprint density at radius 1 is 1.10 bits per heavy atom. The van der Waals surface area contributed by atoms with Gasteiger partial charge in [0.15, 0.2) is 0 Å². The van der Waals surface area contributed by atoms with E-state index in [1.807, 2.05) is 72.6 Å². The van der Waals surface area contributed by atoms with Crippen LogP contribution in [0.1, 0.15) is 5.56 Å². The van der Waals surface area contributed by atoms with Crippen LogP contribution >= 0.6 is 0 Å². The number of nitrogens with one attached hydrogen (secondary N) is 1. The maximum Gasteiger partial charge on any atom is 0.259 e. The van der Waals surface area contributed by atoms with Crippen LogP contribution in [0.3, 0.4) is 0 Å². The summed E-state index contributed by atoms with van der Waals surface area (Å²) in [5, 5.41) is 3.94. The number of hydrogen-bond acceptors (Lipinski definition) is 3. The Hall–Kier alpha value is -2.62. The monoisotopic (exact) mass is 267 g/mol. The summed E-state index contributed by atoms with van der Waals surface area (Å²) in [6, 6.07) is 19.4. The van der Waals surface area contributed by atoms with Crippen LogP contribution in [0, 0.1) is 0 Å². The predicted molar refractivity (Wildman–Crippen MR) is 81.9 cm³/mol. The van der Waals surface area contributed by atoms with Crippen molar-refractivity contribution in [1.29, 1.82) is 0 Å². The Balaban J connectivity index is 1.83. The van der Waals surface area contributed by atoms with Crippen molar-refractivity contribution in [2.24, 2.45) is 5.10 Å². The summed E-state index contributed by atoms with van der Waals surface area (Å²) in [5.74, 6) is -0.150. The number of carbonyl (C=O) groups is 1. The van der Waals surface area contributed by atoms with Crippen molar-refractivity contribution >= 4 is 17.8 Å². The highest BCUT2D eigenvalue weighted by Crippen LogP contribution is 2.09. The molecule has 0 aliphatic carbocycles. The fourth-order valence-electron chi connectivity index (χ4n) is 1.74. The summed E-state index contributed by atoms with van der Waals surface area (Å²) in [6.07, 6.45) is 1.63. The van der Waals surface area contributed by atoms with E-state index in [0.29, 0.717) is 0 Å². The molecule has 0 atom stereocenters. The van der Waals surface area contributed by atoms with Gasteiger partial charge in [0.25, 0.3) is 5.91 Å². The van der Waals surface area contributed by atoms with E-state index in [0.717, 1.165) is 11.3 Å². The van der Waals surface area contributed by atoms with Gasteiger partial charge in [-0.15, -0.1) is 0 Å². The normalized spacial score (nSPS) is 10.4. The number of nitrogens with zero attached hydrogens (tertiary/aromatic N) is 2. The highest BCUT2D eigenvalue weighted by molar-refractivity contribution is 5.84. The number of hydrazone groups is 1. The predicted octanol–water partition coefficient (Wildman–Crippen LogP) is 2.27. The summed E-state index contributed by atoms with van der Waals surface area (Å²) < 4.78 is 0. The number of hydrogen-bond donors (Lipinski definition) is 1. The lowest BCUT2D eigenvalue weighted by Gasteiger charge is -2.17. The third-order valence-electron chi connectivity index (χ3n) is 2.78. The zero-order valence-corrected chi connectivity index (χ0v) is 11.4. The van der Waals surface area contributed by atoms with Crippen molar-refractivity contribution < 1.29 is 4.79 Å². The Bertz CT molecular complexity index is 567. The molecule has 0 radical (unpaired) electrons. The van der Waals surface area contributed by atoms with Crippen LogP contribution in [-0.4, -0.2) is 25.7 Å². The minimum Gasteiger partial charge on any atom is -0.365 e. The average molecular weight is 267 g/mol. The van der Waals surface area contributed by atoms with Crippen molar-refractivity contribution in [3.05, 3.63) is 66.2 Å². The number of rotatable bonds is 5. The molecule has 0 bridgehead atoms. The summed E-state index contributed by atoms with van der Waals surface area (Å²) in [5.41, 5.74) is 4.46. The molecule has 4 heteroatoms. The molecule has 2 aromatic carbocycles. The first-order chi connectivity index (χ1) is 9.75. The van der Waals surface area contributed by atoms with Crippen LogP contribution in [0.15, 0.2) is 65.8 Å². The molecule has 102 valence electrons. The molecule has 0 aliphatic rings. The van der Waals surface area contributed by atoms with Crippen molar-refractivity contribution in [2.45, 2.75) is 0 Å². The van der Waals surface area contributed by atoms with Gasteiger partial charge in [0.2, 0.25) is 0 Å². The zero-order chi connectivity index (χ0) is 14.2. The number of anilines is 1. The number of para-hydroxylation sites is 1. The molecule has 20 heavy (non-hydrogen) atoms. The van der Waals surface area contributed by atoms with Crippen LogP contribution in [0.25, 0.3) is 0 Å². The van der Waals surface area contributed by atoms with Crippen molar-refractivity contribution in [1.82, 2.24) is 5.43 Å². The molecule has 0 spiro atoms. The Kier molecular flexibility index (Phi) is 4.89. The number of likely N-dealkylation sites (N-methyl/N-ethyl adjacent to an activating group) is 1. The third kappa shape index (κ3) is 4.24. The summed E-state index contributed by atoms with van der Waals surface area (Å²) in [7, 11) is 1.87. The van der Waals surface area contributed by atoms with Gasteiger partial charge in [0.1, 0.15) is 0 Å². The van der Waals surface area contributed by atoms with Crippen LogP contribution in [0.5, 0.6) is 0 Å². The van der Waals surface area contributed by atoms with Gasteiger partial charge in [-0.25, -0.2) is 5.43 Å². The van der Waals surface area contributed by atoms with Gasteiger partial charge in [-0.1, -0.05) is 48.5 Å². The minimum atomic E-state index is -0.150. The van der Waals surface area contributed by atoms with Gasteiger partial charge in [0.05, 0.1) is 12.8 Å². The second-order valence-electron chi connectivity index (χ2n) is 4.40. The molecular weight excluding hydrogens is 250 g/mol. The van der Waals surface area contributed by atoms with Crippen molar-refractivity contribution in [2.75, 3.05) is 18.5 Å². The standard InChI is InChI=1S/C16H17N3O/c1-19(15-10-6-3-7-11-15)13-16(20)18-17-12-14-8-4-2-5-9-14/h2-12H,13H2,1H3,(H,18,20). The second kappa shape index (κ2) is 7.09. The number of carbonyl (C=O) groups excluding carboxylic acids is 1. The van der Waals surface area contributed by atoms with Crippen molar-refractivity contribution in [3.63, 3.8) is 0 Å². The lowest BCUT2D eigenvalue weighted by Crippen LogP contribution is -2.32. The van der Waals surface area contributed by atoms with Gasteiger partial charge in [-0.3, -0.25) is 4.79 Å². The molecule has 1 amide bonds. The van der Waals surface area contributed by atoms with Crippen LogP contribution < -0.4 is 10.3 Å². The molecule has 0 aliphatic heterocycles. The number of amides is 1. The van der Waals surface area contributed by atoms with Gasteiger partial charge in [0, 0.05) is 12.7 Å². The molecule has 2 aromatic rings. The molecule has 2 rings (SSSR count). The molecule has 4 nitrogen and oxygen atoms in total. The maximum absolute atomic E-state index is 11.8. The van der Waals surface area contributed by atoms with E-state index in [2.05, 4.69) is 10.5 Å². The van der Waals surface area contributed by atoms with Crippen LogP contribution in [0.2, 0.25) is 0 Å². The van der Waals surface area contributed by atoms with Gasteiger partial charge in [-0.05, 0) is 17.7 Å². The maximum atomic E-state index is 11.8. The number of benzene rings is 2. The fraction of sp³-hybridized carbons (Fsp3) is 0.125.